The fraction of sp³-hybridized carbons (Fsp3) is 0.500. The third-order valence-electron chi connectivity index (χ3n) is 5.27. The predicted octanol–water partition coefficient (Wildman–Crippen LogP) is 0.997. The summed E-state index contributed by atoms with van der Waals surface area (Å²) in [7, 11) is -3.16. The van der Waals surface area contributed by atoms with Gasteiger partial charge in [0.1, 0.15) is 0 Å². The van der Waals surface area contributed by atoms with Crippen LogP contribution in [0.2, 0.25) is 0 Å². The Bertz CT molecular complexity index is 1140. The number of benzene rings is 1. The summed E-state index contributed by atoms with van der Waals surface area (Å²) in [6, 6.07) is 6.17. The fourth-order valence-corrected chi connectivity index (χ4v) is 5.45. The minimum absolute atomic E-state index is 0.0433. The molecule has 1 fully saturated rings. The molecule has 0 saturated carbocycles. The van der Waals surface area contributed by atoms with Crippen LogP contribution < -0.4 is 5.56 Å². The van der Waals surface area contributed by atoms with E-state index in [1.165, 1.54) is 16.5 Å². The van der Waals surface area contributed by atoms with E-state index in [2.05, 4.69) is 5.10 Å². The van der Waals surface area contributed by atoms with Crippen molar-refractivity contribution in [3.8, 4) is 0 Å². The van der Waals surface area contributed by atoms with Crippen molar-refractivity contribution in [2.24, 2.45) is 0 Å². The Morgan fingerprint density at radius 2 is 1.93 bits per heavy atom. The van der Waals surface area contributed by atoms with Crippen molar-refractivity contribution in [3.05, 3.63) is 40.3 Å². The predicted molar refractivity (Wildman–Crippen MR) is 111 cm³/mol. The van der Waals surface area contributed by atoms with Crippen molar-refractivity contribution in [2.45, 2.75) is 45.9 Å². The topological polar surface area (TPSA) is 116 Å². The number of esters is 1. The zero-order valence-electron chi connectivity index (χ0n) is 17.2. The molecule has 1 amide bonds. The van der Waals surface area contributed by atoms with Crippen LogP contribution in [0.4, 0.5) is 0 Å². The summed E-state index contributed by atoms with van der Waals surface area (Å²) in [5, 5.41) is 4.81. The number of rotatable bonds is 6. The summed E-state index contributed by atoms with van der Waals surface area (Å²) in [6.45, 7) is 5.52. The molecule has 1 aromatic heterocycles. The Labute approximate surface area is 174 Å². The van der Waals surface area contributed by atoms with Gasteiger partial charge in [-0.2, -0.15) is 5.10 Å². The number of aromatic nitrogens is 2. The summed E-state index contributed by atoms with van der Waals surface area (Å²) in [4.78, 5) is 39.6. The summed E-state index contributed by atoms with van der Waals surface area (Å²) in [5.41, 5.74) is -0.355. The van der Waals surface area contributed by atoms with Crippen LogP contribution in [0, 0.1) is 0 Å². The highest BCUT2D eigenvalue weighted by molar-refractivity contribution is 7.91. The number of nitrogens with zero attached hydrogens (tertiary/aromatic N) is 3. The number of carbonyl (C=O) groups excluding carboxylic acids is 2. The third-order valence-corrected chi connectivity index (χ3v) is 7.02. The molecule has 3 rings (SSSR count). The van der Waals surface area contributed by atoms with E-state index in [9.17, 15) is 22.8 Å². The van der Waals surface area contributed by atoms with Crippen LogP contribution in [0.25, 0.3) is 10.8 Å². The molecule has 1 saturated heterocycles. The molecule has 1 aliphatic rings. The zero-order chi connectivity index (χ0) is 22.1. The molecule has 2 aromatic rings. The second-order valence-electron chi connectivity index (χ2n) is 7.24. The zero-order valence-corrected chi connectivity index (χ0v) is 18.0. The van der Waals surface area contributed by atoms with Gasteiger partial charge in [0.05, 0.1) is 16.9 Å². The lowest BCUT2D eigenvalue weighted by Gasteiger charge is -2.29. The minimum Gasteiger partial charge on any atom is -0.448 e. The van der Waals surface area contributed by atoms with Crippen LogP contribution in [-0.4, -0.2) is 65.2 Å². The monoisotopic (exact) mass is 435 g/mol. The molecule has 0 radical (unpaired) electrons. The second-order valence-corrected chi connectivity index (χ2v) is 9.47. The summed E-state index contributed by atoms with van der Waals surface area (Å²) >= 11 is 0. The van der Waals surface area contributed by atoms with Gasteiger partial charge in [-0.1, -0.05) is 18.2 Å². The van der Waals surface area contributed by atoms with Gasteiger partial charge in [-0.15, -0.1) is 0 Å². The van der Waals surface area contributed by atoms with Crippen molar-refractivity contribution in [2.75, 3.05) is 18.1 Å². The summed E-state index contributed by atoms with van der Waals surface area (Å²) in [5.74, 6) is -1.31. The Kier molecular flexibility index (Phi) is 6.25. The molecule has 0 N–H and O–H groups in total. The van der Waals surface area contributed by atoms with Crippen molar-refractivity contribution < 1.29 is 22.7 Å². The highest BCUT2D eigenvalue weighted by Gasteiger charge is 2.36. The molecule has 2 atom stereocenters. The number of aryl methyl sites for hydroxylation is 1. The van der Waals surface area contributed by atoms with Gasteiger partial charge < -0.3 is 9.64 Å². The van der Waals surface area contributed by atoms with E-state index < -0.39 is 33.9 Å². The molecular formula is C20H25N3O6S. The van der Waals surface area contributed by atoms with Crippen molar-refractivity contribution in [1.29, 1.82) is 0 Å². The van der Waals surface area contributed by atoms with E-state index in [4.69, 9.17) is 4.74 Å². The maximum Gasteiger partial charge on any atom is 0.360 e. The Morgan fingerprint density at radius 1 is 1.27 bits per heavy atom. The lowest BCUT2D eigenvalue weighted by atomic mass is 10.1. The van der Waals surface area contributed by atoms with Gasteiger partial charge in [0, 0.05) is 24.5 Å². The van der Waals surface area contributed by atoms with E-state index in [0.717, 1.165) is 0 Å². The first-order chi connectivity index (χ1) is 14.2. The molecule has 0 aliphatic carbocycles. The molecule has 2 heterocycles. The van der Waals surface area contributed by atoms with E-state index in [-0.39, 0.29) is 29.3 Å². The van der Waals surface area contributed by atoms with Crippen LogP contribution in [0.15, 0.2) is 29.1 Å². The van der Waals surface area contributed by atoms with E-state index in [1.807, 2.05) is 0 Å². The lowest BCUT2D eigenvalue weighted by molar-refractivity contribution is -0.141. The van der Waals surface area contributed by atoms with Crippen molar-refractivity contribution in [1.82, 2.24) is 14.7 Å². The summed E-state index contributed by atoms with van der Waals surface area (Å²) in [6.07, 6.45) is -0.751. The SMILES string of the molecule is CCN(C(=O)[C@H](C)OC(=O)c1nn(CC)c(=O)c2ccccc12)[C@H]1CCS(=O)(=O)C1. The molecule has 1 aliphatic heterocycles. The average Bonchev–Trinajstić information content (AvgIpc) is 3.08. The van der Waals surface area contributed by atoms with Crippen LogP contribution in [0.3, 0.4) is 0 Å². The van der Waals surface area contributed by atoms with Crippen LogP contribution in [-0.2, 0) is 25.9 Å². The van der Waals surface area contributed by atoms with Crippen LogP contribution >= 0.6 is 0 Å². The fourth-order valence-electron chi connectivity index (χ4n) is 3.72. The molecule has 1 aromatic carbocycles. The van der Waals surface area contributed by atoms with Gasteiger partial charge in [-0.25, -0.2) is 17.9 Å². The minimum atomic E-state index is -3.16. The molecule has 0 spiro atoms. The first-order valence-electron chi connectivity index (χ1n) is 9.90. The number of amides is 1. The average molecular weight is 436 g/mol. The Hall–Kier alpha value is -2.75. The summed E-state index contributed by atoms with van der Waals surface area (Å²) < 4.78 is 30.1. The number of fused-ring (bicyclic) bond motifs is 1. The van der Waals surface area contributed by atoms with Gasteiger partial charge in [0.2, 0.25) is 0 Å². The largest absolute Gasteiger partial charge is 0.448 e. The number of sulfone groups is 1. The Balaban J connectivity index is 1.84. The molecule has 0 unspecified atom stereocenters. The number of hydrogen-bond acceptors (Lipinski definition) is 7. The highest BCUT2D eigenvalue weighted by atomic mass is 32.2. The highest BCUT2D eigenvalue weighted by Crippen LogP contribution is 2.20. The van der Waals surface area contributed by atoms with Gasteiger partial charge in [-0.3, -0.25) is 9.59 Å². The van der Waals surface area contributed by atoms with Crippen molar-refractivity contribution in [3.63, 3.8) is 0 Å². The first-order valence-corrected chi connectivity index (χ1v) is 11.7. The maximum atomic E-state index is 12.9. The van der Waals surface area contributed by atoms with Gasteiger partial charge in [-0.05, 0) is 33.3 Å². The molecule has 0 bridgehead atoms. The number of carbonyl (C=O) groups is 2. The van der Waals surface area contributed by atoms with Crippen LogP contribution in [0.1, 0.15) is 37.7 Å². The number of ether oxygens (including phenoxy) is 1. The van der Waals surface area contributed by atoms with E-state index in [1.54, 1.807) is 38.1 Å². The number of likely N-dealkylation sites (N-methyl/N-ethyl adjacent to an activating group) is 1. The molecule has 10 heteroatoms. The smallest absolute Gasteiger partial charge is 0.360 e. The maximum absolute atomic E-state index is 12.9. The Morgan fingerprint density at radius 3 is 2.50 bits per heavy atom. The molecule has 162 valence electrons. The normalized spacial score (nSPS) is 18.8. The van der Waals surface area contributed by atoms with Crippen LogP contribution in [0.5, 0.6) is 0 Å². The van der Waals surface area contributed by atoms with Gasteiger partial charge >= 0.3 is 5.97 Å². The quantitative estimate of drug-likeness (QED) is 0.622. The third kappa shape index (κ3) is 4.23. The van der Waals surface area contributed by atoms with Gasteiger partial charge in [0.25, 0.3) is 11.5 Å². The number of hydrogen-bond donors (Lipinski definition) is 0. The van der Waals surface area contributed by atoms with E-state index in [0.29, 0.717) is 23.7 Å². The first kappa shape index (κ1) is 21.9. The van der Waals surface area contributed by atoms with Gasteiger partial charge in [0.15, 0.2) is 21.6 Å². The van der Waals surface area contributed by atoms with Crippen molar-refractivity contribution >= 4 is 32.5 Å². The second kappa shape index (κ2) is 8.55. The molecular weight excluding hydrogens is 410 g/mol. The molecule has 9 nitrogen and oxygen atoms in total. The molecule has 30 heavy (non-hydrogen) atoms. The standard InChI is InChI=1S/C20H25N3O6S/c1-4-22(14-10-11-30(27,28)12-14)18(24)13(3)29-20(26)17-15-8-6-7-9-16(15)19(25)23(5-2)21-17/h6-9,13-14H,4-5,10-12H2,1-3H3/t13-,14-/m0/s1. The lowest BCUT2D eigenvalue weighted by Crippen LogP contribution is -2.46. The van der Waals surface area contributed by atoms with E-state index >= 15 is 0 Å².